The van der Waals surface area contributed by atoms with Crippen molar-refractivity contribution in [1.82, 2.24) is 10.2 Å². The number of nitrogens with zero attached hydrogens (tertiary/aromatic N) is 1. The Labute approximate surface area is 136 Å². The Kier molecular flexibility index (Phi) is 4.91. The Morgan fingerprint density at radius 2 is 1.96 bits per heavy atom. The molecule has 1 aromatic carbocycles. The average Bonchev–Trinajstić information content (AvgIpc) is 3.01. The van der Waals surface area contributed by atoms with Gasteiger partial charge in [0.15, 0.2) is 11.5 Å². The fourth-order valence-corrected chi connectivity index (χ4v) is 3.32. The molecular weight excluding hydrogens is 296 g/mol. The van der Waals surface area contributed by atoms with Gasteiger partial charge in [-0.05, 0) is 36.1 Å². The zero-order valence-electron chi connectivity index (χ0n) is 13.8. The highest BCUT2D eigenvalue weighted by atomic mass is 16.5. The monoisotopic (exact) mass is 320 g/mol. The molecule has 2 aliphatic rings. The molecule has 1 aromatic rings. The van der Waals surface area contributed by atoms with E-state index in [1.54, 1.807) is 14.2 Å². The number of aryl methyl sites for hydroxylation is 1. The fourth-order valence-electron chi connectivity index (χ4n) is 3.32. The Bertz CT molecular complexity index is 570. The predicted octanol–water partition coefficient (Wildman–Crippen LogP) is 1.78. The van der Waals surface area contributed by atoms with Crippen LogP contribution in [0, 0.1) is 0 Å². The average molecular weight is 320 g/mol. The zero-order valence-corrected chi connectivity index (χ0v) is 13.8. The summed E-state index contributed by atoms with van der Waals surface area (Å²) in [7, 11) is 3.30. The van der Waals surface area contributed by atoms with Crippen LogP contribution in [-0.2, 0) is 11.2 Å². The topological polar surface area (TPSA) is 60.0 Å². The lowest BCUT2D eigenvalue weighted by atomic mass is 10.0. The molecule has 23 heavy (non-hydrogen) atoms. The van der Waals surface area contributed by atoms with Crippen molar-refractivity contribution in [2.24, 2.45) is 0 Å². The molecule has 0 saturated carbocycles. The quantitative estimate of drug-likeness (QED) is 0.918. The van der Waals surface area contributed by atoms with Crippen LogP contribution in [0.15, 0.2) is 12.1 Å². The van der Waals surface area contributed by atoms with Gasteiger partial charge < -0.3 is 24.4 Å². The first-order valence-corrected chi connectivity index (χ1v) is 8.08. The number of carbonyl (C=O) groups is 1. The van der Waals surface area contributed by atoms with Gasteiger partial charge in [0.1, 0.15) is 0 Å². The second-order valence-corrected chi connectivity index (χ2v) is 5.93. The fraction of sp³-hybridized carbons (Fsp3) is 0.588. The van der Waals surface area contributed by atoms with E-state index in [1.165, 1.54) is 11.1 Å². The van der Waals surface area contributed by atoms with Crippen molar-refractivity contribution in [1.29, 1.82) is 0 Å². The molecule has 6 heteroatoms. The summed E-state index contributed by atoms with van der Waals surface area (Å²) in [5.74, 6) is 1.84. The van der Waals surface area contributed by atoms with Gasteiger partial charge in [-0.15, -0.1) is 0 Å². The number of hydrogen-bond acceptors (Lipinski definition) is 4. The molecule has 126 valence electrons. The minimum absolute atomic E-state index is 0.00206. The molecule has 1 atom stereocenters. The molecule has 2 amide bonds. The third-order valence-electron chi connectivity index (χ3n) is 4.65. The second kappa shape index (κ2) is 7.08. The van der Waals surface area contributed by atoms with E-state index in [2.05, 4.69) is 11.4 Å². The number of carbonyl (C=O) groups excluding carboxylic acids is 1. The van der Waals surface area contributed by atoms with Gasteiger partial charge in [-0.25, -0.2) is 4.79 Å². The van der Waals surface area contributed by atoms with E-state index in [4.69, 9.17) is 14.2 Å². The van der Waals surface area contributed by atoms with Crippen LogP contribution < -0.4 is 14.8 Å². The van der Waals surface area contributed by atoms with Crippen molar-refractivity contribution in [2.75, 3.05) is 47.1 Å². The summed E-state index contributed by atoms with van der Waals surface area (Å²) in [5, 5.41) is 3.06. The van der Waals surface area contributed by atoms with Crippen molar-refractivity contribution in [2.45, 2.75) is 18.8 Å². The molecule has 1 heterocycles. The largest absolute Gasteiger partial charge is 0.493 e. The first kappa shape index (κ1) is 15.9. The molecule has 1 aliphatic heterocycles. The van der Waals surface area contributed by atoms with Gasteiger partial charge in [0.25, 0.3) is 0 Å². The highest BCUT2D eigenvalue weighted by Gasteiger charge is 2.26. The van der Waals surface area contributed by atoms with Gasteiger partial charge in [-0.2, -0.15) is 0 Å². The maximum Gasteiger partial charge on any atom is 0.317 e. The Morgan fingerprint density at radius 1 is 1.26 bits per heavy atom. The van der Waals surface area contributed by atoms with Crippen LogP contribution in [-0.4, -0.2) is 58.0 Å². The van der Waals surface area contributed by atoms with Crippen LogP contribution in [0.1, 0.15) is 23.5 Å². The highest BCUT2D eigenvalue weighted by Crippen LogP contribution is 2.40. The van der Waals surface area contributed by atoms with Gasteiger partial charge in [0, 0.05) is 25.6 Å². The lowest BCUT2D eigenvalue weighted by Crippen LogP contribution is -2.46. The zero-order chi connectivity index (χ0) is 16.2. The third-order valence-corrected chi connectivity index (χ3v) is 4.65. The van der Waals surface area contributed by atoms with Crippen LogP contribution in [0.4, 0.5) is 4.79 Å². The summed E-state index contributed by atoms with van der Waals surface area (Å²) in [6, 6.07) is 4.10. The van der Waals surface area contributed by atoms with Crippen LogP contribution in [0.3, 0.4) is 0 Å². The lowest BCUT2D eigenvalue weighted by Gasteiger charge is -2.27. The molecule has 6 nitrogen and oxygen atoms in total. The predicted molar refractivity (Wildman–Crippen MR) is 86.4 cm³/mol. The molecular formula is C17H24N2O4. The molecule has 0 bridgehead atoms. The molecule has 1 N–H and O–H groups in total. The van der Waals surface area contributed by atoms with E-state index in [0.29, 0.717) is 38.8 Å². The lowest BCUT2D eigenvalue weighted by molar-refractivity contribution is 0.0531. The third kappa shape index (κ3) is 3.37. The number of hydrogen-bond donors (Lipinski definition) is 1. The van der Waals surface area contributed by atoms with Crippen LogP contribution in [0.25, 0.3) is 0 Å². The summed E-state index contributed by atoms with van der Waals surface area (Å²) in [6.07, 6.45) is 2.04. The number of morpholine rings is 1. The van der Waals surface area contributed by atoms with Crippen molar-refractivity contribution in [3.05, 3.63) is 23.3 Å². The Hall–Kier alpha value is -1.95. The van der Waals surface area contributed by atoms with Gasteiger partial charge in [0.05, 0.1) is 27.4 Å². The van der Waals surface area contributed by atoms with Crippen molar-refractivity contribution in [3.8, 4) is 11.5 Å². The Morgan fingerprint density at radius 3 is 2.65 bits per heavy atom. The van der Waals surface area contributed by atoms with E-state index in [0.717, 1.165) is 24.3 Å². The number of amides is 2. The van der Waals surface area contributed by atoms with Crippen LogP contribution >= 0.6 is 0 Å². The minimum Gasteiger partial charge on any atom is -0.493 e. The molecule has 0 spiro atoms. The van der Waals surface area contributed by atoms with Gasteiger partial charge in [0.2, 0.25) is 0 Å². The minimum atomic E-state index is 0.00206. The molecule has 3 rings (SSSR count). The summed E-state index contributed by atoms with van der Waals surface area (Å²) < 4.78 is 16.0. The number of benzene rings is 1. The second-order valence-electron chi connectivity index (χ2n) is 5.93. The number of ether oxygens (including phenoxy) is 3. The van der Waals surface area contributed by atoms with E-state index >= 15 is 0 Å². The molecule has 1 saturated heterocycles. The molecule has 1 fully saturated rings. The van der Waals surface area contributed by atoms with E-state index in [-0.39, 0.29) is 6.03 Å². The molecule has 0 aromatic heterocycles. The van der Waals surface area contributed by atoms with E-state index in [1.807, 2.05) is 11.0 Å². The Balaban J connectivity index is 1.64. The first-order chi connectivity index (χ1) is 11.2. The number of methoxy groups -OCH3 is 2. The summed E-state index contributed by atoms with van der Waals surface area (Å²) in [5.41, 5.74) is 2.54. The highest BCUT2D eigenvalue weighted by molar-refractivity contribution is 5.74. The van der Waals surface area contributed by atoms with Crippen LogP contribution in [0.2, 0.25) is 0 Å². The standard InChI is InChI=1S/C17H24N2O4/c1-21-15-9-12-3-4-13(14(12)10-16(15)22-2)11-18-17(20)19-5-7-23-8-6-19/h9-10,13H,3-8,11H2,1-2H3,(H,18,20). The number of urea groups is 1. The number of rotatable bonds is 4. The summed E-state index contributed by atoms with van der Waals surface area (Å²) in [6.45, 7) is 3.22. The van der Waals surface area contributed by atoms with Crippen molar-refractivity contribution in [3.63, 3.8) is 0 Å². The molecule has 1 aliphatic carbocycles. The molecule has 0 radical (unpaired) electrons. The smallest absolute Gasteiger partial charge is 0.317 e. The van der Waals surface area contributed by atoms with E-state index in [9.17, 15) is 4.79 Å². The molecule has 1 unspecified atom stereocenters. The maximum absolute atomic E-state index is 12.2. The number of fused-ring (bicyclic) bond motifs is 1. The van der Waals surface area contributed by atoms with Gasteiger partial charge in [-0.1, -0.05) is 0 Å². The first-order valence-electron chi connectivity index (χ1n) is 8.08. The SMILES string of the molecule is COc1cc2c(cc1OC)C(CNC(=O)N1CCOCC1)CC2. The van der Waals surface area contributed by atoms with Gasteiger partial charge >= 0.3 is 6.03 Å². The van der Waals surface area contributed by atoms with Crippen molar-refractivity contribution < 1.29 is 19.0 Å². The summed E-state index contributed by atoms with van der Waals surface area (Å²) >= 11 is 0. The van der Waals surface area contributed by atoms with Crippen LogP contribution in [0.5, 0.6) is 11.5 Å². The summed E-state index contributed by atoms with van der Waals surface area (Å²) in [4.78, 5) is 14.0. The van der Waals surface area contributed by atoms with Crippen molar-refractivity contribution >= 4 is 6.03 Å². The normalized spacial score (nSPS) is 20.1. The maximum atomic E-state index is 12.2. The van der Waals surface area contributed by atoms with Gasteiger partial charge in [-0.3, -0.25) is 0 Å². The number of nitrogens with one attached hydrogen (secondary N) is 1. The van der Waals surface area contributed by atoms with E-state index < -0.39 is 0 Å².